The molecule has 0 spiro atoms. The summed E-state index contributed by atoms with van der Waals surface area (Å²) in [5.74, 6) is 0.295. The van der Waals surface area contributed by atoms with Gasteiger partial charge in [0.1, 0.15) is 5.75 Å². The highest BCUT2D eigenvalue weighted by atomic mass is 16.5. The molecule has 0 saturated carbocycles. The van der Waals surface area contributed by atoms with Gasteiger partial charge in [-0.05, 0) is 59.5 Å². The van der Waals surface area contributed by atoms with Gasteiger partial charge < -0.3 is 14.4 Å². The smallest absolute Gasteiger partial charge is 0.330 e. The Morgan fingerprint density at radius 1 is 0.941 bits per heavy atom. The fraction of sp³-hybridized carbons (Fsp3) is 0.241. The standard InChI is InChI=1S/C29H31NO4/c1-5-34-27-11-7-9-25(19-27)24-15-12-23(13-16-24)20-30(29(32)21(2)3)26-10-6-8-22(18-26)14-17-28(31)33-4/h6-19,21H,5,20H2,1-4H3/b17-14+. The second-order valence-electron chi connectivity index (χ2n) is 8.19. The first kappa shape index (κ1) is 24.8. The zero-order valence-corrected chi connectivity index (χ0v) is 20.2. The molecule has 3 rings (SSSR count). The van der Waals surface area contributed by atoms with E-state index in [-0.39, 0.29) is 11.8 Å². The highest BCUT2D eigenvalue weighted by Crippen LogP contribution is 2.26. The number of amides is 1. The molecule has 0 aliphatic heterocycles. The number of ether oxygens (including phenoxy) is 2. The Balaban J connectivity index is 1.85. The summed E-state index contributed by atoms with van der Waals surface area (Å²) in [6, 6.07) is 23.8. The Labute approximate surface area is 201 Å². The van der Waals surface area contributed by atoms with Crippen LogP contribution in [0.5, 0.6) is 5.75 Å². The quantitative estimate of drug-likeness (QED) is 0.287. The van der Waals surface area contributed by atoms with Gasteiger partial charge in [-0.15, -0.1) is 0 Å². The molecule has 3 aromatic rings. The second kappa shape index (κ2) is 11.8. The molecule has 0 aliphatic rings. The number of hydrogen-bond donors (Lipinski definition) is 0. The van der Waals surface area contributed by atoms with E-state index in [1.54, 1.807) is 11.0 Å². The molecule has 0 bridgehead atoms. The summed E-state index contributed by atoms with van der Waals surface area (Å²) < 4.78 is 10.3. The molecule has 0 aliphatic carbocycles. The van der Waals surface area contributed by atoms with E-state index in [0.717, 1.165) is 33.7 Å². The van der Waals surface area contributed by atoms with Crippen molar-refractivity contribution in [1.82, 2.24) is 0 Å². The molecule has 34 heavy (non-hydrogen) atoms. The molecule has 0 atom stereocenters. The molecule has 0 heterocycles. The summed E-state index contributed by atoms with van der Waals surface area (Å²) in [5.41, 5.74) is 4.78. The third kappa shape index (κ3) is 6.58. The highest BCUT2D eigenvalue weighted by molar-refractivity contribution is 5.95. The van der Waals surface area contributed by atoms with Crippen molar-refractivity contribution in [3.63, 3.8) is 0 Å². The van der Waals surface area contributed by atoms with Crippen molar-refractivity contribution in [2.45, 2.75) is 27.3 Å². The number of methoxy groups -OCH3 is 1. The van der Waals surface area contributed by atoms with Crippen LogP contribution in [0.4, 0.5) is 5.69 Å². The van der Waals surface area contributed by atoms with E-state index < -0.39 is 5.97 Å². The molecule has 0 N–H and O–H groups in total. The minimum absolute atomic E-state index is 0.0302. The van der Waals surface area contributed by atoms with E-state index >= 15 is 0 Å². The first-order valence-corrected chi connectivity index (χ1v) is 11.4. The van der Waals surface area contributed by atoms with Gasteiger partial charge in [0, 0.05) is 17.7 Å². The second-order valence-corrected chi connectivity index (χ2v) is 8.19. The molecule has 0 unspecified atom stereocenters. The van der Waals surface area contributed by atoms with Gasteiger partial charge >= 0.3 is 5.97 Å². The lowest BCUT2D eigenvalue weighted by atomic mass is 10.0. The molecule has 0 aromatic heterocycles. The number of carbonyl (C=O) groups excluding carboxylic acids is 2. The summed E-state index contributed by atoms with van der Waals surface area (Å²) in [4.78, 5) is 26.3. The Morgan fingerprint density at radius 2 is 1.68 bits per heavy atom. The lowest BCUT2D eigenvalue weighted by Gasteiger charge is -2.25. The van der Waals surface area contributed by atoms with Crippen molar-refractivity contribution in [1.29, 1.82) is 0 Å². The Hall–Kier alpha value is -3.86. The van der Waals surface area contributed by atoms with E-state index in [1.165, 1.54) is 13.2 Å². The number of nitrogens with zero attached hydrogens (tertiary/aromatic N) is 1. The van der Waals surface area contributed by atoms with Gasteiger partial charge in [-0.25, -0.2) is 4.79 Å². The maximum absolute atomic E-state index is 13.1. The Bertz CT molecular complexity index is 1150. The average Bonchev–Trinajstić information content (AvgIpc) is 2.86. The number of hydrogen-bond acceptors (Lipinski definition) is 4. The van der Waals surface area contributed by atoms with Crippen LogP contribution in [-0.2, 0) is 20.9 Å². The zero-order chi connectivity index (χ0) is 24.5. The molecule has 5 heteroatoms. The monoisotopic (exact) mass is 457 g/mol. The van der Waals surface area contributed by atoms with Crippen LogP contribution in [0.3, 0.4) is 0 Å². The lowest BCUT2D eigenvalue weighted by molar-refractivity contribution is -0.134. The van der Waals surface area contributed by atoms with Gasteiger partial charge in [-0.3, -0.25) is 4.79 Å². The van der Waals surface area contributed by atoms with Crippen molar-refractivity contribution in [3.8, 4) is 16.9 Å². The zero-order valence-electron chi connectivity index (χ0n) is 20.2. The molecular formula is C29H31NO4. The minimum Gasteiger partial charge on any atom is -0.494 e. The number of anilines is 1. The minimum atomic E-state index is -0.424. The van der Waals surface area contributed by atoms with Crippen molar-refractivity contribution in [2.24, 2.45) is 5.92 Å². The van der Waals surface area contributed by atoms with Crippen LogP contribution in [-0.4, -0.2) is 25.6 Å². The molecule has 5 nitrogen and oxygen atoms in total. The first-order valence-electron chi connectivity index (χ1n) is 11.4. The van der Waals surface area contributed by atoms with Gasteiger partial charge in [0.25, 0.3) is 0 Å². The van der Waals surface area contributed by atoms with Crippen LogP contribution < -0.4 is 9.64 Å². The third-order valence-electron chi connectivity index (χ3n) is 5.33. The number of rotatable bonds is 9. The van der Waals surface area contributed by atoms with Gasteiger partial charge in [0.2, 0.25) is 5.91 Å². The summed E-state index contributed by atoms with van der Waals surface area (Å²) in [6.07, 6.45) is 3.05. The van der Waals surface area contributed by atoms with E-state index in [4.69, 9.17) is 4.74 Å². The average molecular weight is 458 g/mol. The van der Waals surface area contributed by atoms with Crippen LogP contribution in [0.15, 0.2) is 78.9 Å². The summed E-state index contributed by atoms with van der Waals surface area (Å²) in [5, 5.41) is 0. The molecule has 0 fully saturated rings. The number of esters is 1. The van der Waals surface area contributed by atoms with Crippen LogP contribution >= 0.6 is 0 Å². The van der Waals surface area contributed by atoms with Crippen LogP contribution in [0.25, 0.3) is 17.2 Å². The highest BCUT2D eigenvalue weighted by Gasteiger charge is 2.19. The molecule has 0 radical (unpaired) electrons. The Kier molecular flexibility index (Phi) is 8.63. The molecular weight excluding hydrogens is 426 g/mol. The number of carbonyl (C=O) groups is 2. The fourth-order valence-electron chi connectivity index (χ4n) is 3.55. The predicted molar refractivity (Wildman–Crippen MR) is 137 cm³/mol. The molecule has 0 saturated heterocycles. The molecule has 3 aromatic carbocycles. The van der Waals surface area contributed by atoms with E-state index in [2.05, 4.69) is 22.9 Å². The fourth-order valence-corrected chi connectivity index (χ4v) is 3.55. The topological polar surface area (TPSA) is 55.8 Å². The van der Waals surface area contributed by atoms with Crippen molar-refractivity contribution >= 4 is 23.6 Å². The number of benzene rings is 3. The molecule has 176 valence electrons. The largest absolute Gasteiger partial charge is 0.494 e. The maximum atomic E-state index is 13.1. The first-order chi connectivity index (χ1) is 16.4. The van der Waals surface area contributed by atoms with Crippen molar-refractivity contribution in [3.05, 3.63) is 90.0 Å². The van der Waals surface area contributed by atoms with Gasteiger partial charge in [-0.1, -0.05) is 62.4 Å². The van der Waals surface area contributed by atoms with Gasteiger partial charge in [0.05, 0.1) is 20.3 Å². The van der Waals surface area contributed by atoms with E-state index in [1.807, 2.05) is 75.4 Å². The summed E-state index contributed by atoms with van der Waals surface area (Å²) >= 11 is 0. The lowest BCUT2D eigenvalue weighted by Crippen LogP contribution is -2.33. The van der Waals surface area contributed by atoms with Crippen molar-refractivity contribution < 1.29 is 19.1 Å². The van der Waals surface area contributed by atoms with Crippen LogP contribution in [0.1, 0.15) is 31.9 Å². The normalized spacial score (nSPS) is 11.0. The van der Waals surface area contributed by atoms with Crippen LogP contribution in [0.2, 0.25) is 0 Å². The Morgan fingerprint density at radius 3 is 2.35 bits per heavy atom. The van der Waals surface area contributed by atoms with Gasteiger partial charge in [0.15, 0.2) is 0 Å². The van der Waals surface area contributed by atoms with Crippen molar-refractivity contribution in [2.75, 3.05) is 18.6 Å². The SMILES string of the molecule is CCOc1cccc(-c2ccc(CN(C(=O)C(C)C)c3cccc(/C=C/C(=O)OC)c3)cc2)c1. The third-order valence-corrected chi connectivity index (χ3v) is 5.33. The predicted octanol–water partition coefficient (Wildman–Crippen LogP) is 6.13. The van der Waals surface area contributed by atoms with E-state index in [0.29, 0.717) is 13.2 Å². The maximum Gasteiger partial charge on any atom is 0.330 e. The molecule has 1 amide bonds. The van der Waals surface area contributed by atoms with Gasteiger partial charge in [-0.2, -0.15) is 0 Å². The summed E-state index contributed by atoms with van der Waals surface area (Å²) in [7, 11) is 1.34. The van der Waals surface area contributed by atoms with E-state index in [9.17, 15) is 9.59 Å². The van der Waals surface area contributed by atoms with Crippen LogP contribution in [0, 0.1) is 5.92 Å². The summed E-state index contributed by atoms with van der Waals surface area (Å²) in [6.45, 7) is 6.83.